The summed E-state index contributed by atoms with van der Waals surface area (Å²) in [7, 11) is 1.28. The molecule has 0 radical (unpaired) electrons. The number of phenolic OH excluding ortho intramolecular Hbond substituents is 1. The van der Waals surface area contributed by atoms with Crippen LogP contribution in [0.3, 0.4) is 0 Å². The van der Waals surface area contributed by atoms with Crippen molar-refractivity contribution in [3.63, 3.8) is 0 Å². The summed E-state index contributed by atoms with van der Waals surface area (Å²) in [5, 5.41) is 9.56. The number of hydrogen-bond donors (Lipinski definition) is 2. The predicted molar refractivity (Wildman–Crippen MR) is 57.7 cm³/mol. The number of hydrogen-bond acceptors (Lipinski definition) is 3. The van der Waals surface area contributed by atoms with Crippen LogP contribution in [0.5, 0.6) is 11.5 Å². The van der Waals surface area contributed by atoms with Crippen molar-refractivity contribution < 1.29 is 14.2 Å². The number of phenols is 1. The van der Waals surface area contributed by atoms with Crippen molar-refractivity contribution in [1.29, 1.82) is 0 Å². The van der Waals surface area contributed by atoms with Crippen LogP contribution in [0.4, 0.5) is 4.39 Å². The van der Waals surface area contributed by atoms with Gasteiger partial charge < -0.3 is 15.6 Å². The zero-order chi connectivity index (χ0) is 11.4. The fraction of sp³-hybridized carbons (Fsp3) is 0.200. The molecule has 82 valence electrons. The number of methoxy groups -OCH3 is 1. The predicted octanol–water partition coefficient (Wildman–Crippen LogP) is 2.17. The van der Waals surface area contributed by atoms with Crippen LogP contribution in [0.1, 0.15) is 5.56 Å². The fourth-order valence-electron chi connectivity index (χ4n) is 1.12. The largest absolute Gasteiger partial charge is 0.504 e. The Morgan fingerprint density at radius 3 is 2.87 bits per heavy atom. The summed E-state index contributed by atoms with van der Waals surface area (Å²) in [5.41, 5.74) is 5.51. The minimum absolute atomic E-state index is 0.101. The van der Waals surface area contributed by atoms with Gasteiger partial charge in [-0.2, -0.15) is 4.39 Å². The molecule has 0 unspecified atom stereocenters. The van der Waals surface area contributed by atoms with Gasteiger partial charge in [-0.25, -0.2) is 0 Å². The van der Waals surface area contributed by atoms with Gasteiger partial charge in [-0.15, -0.1) is 0 Å². The lowest BCUT2D eigenvalue weighted by Crippen LogP contribution is -1.94. The highest BCUT2D eigenvalue weighted by Gasteiger charge is 2.15. The Morgan fingerprint density at radius 1 is 1.67 bits per heavy atom. The zero-order valence-corrected chi connectivity index (χ0v) is 8.88. The van der Waals surface area contributed by atoms with Gasteiger partial charge in [-0.05, 0) is 6.07 Å². The Morgan fingerprint density at radius 2 is 2.33 bits per heavy atom. The molecule has 1 aromatic carbocycles. The lowest BCUT2D eigenvalue weighted by atomic mass is 10.1. The van der Waals surface area contributed by atoms with E-state index in [2.05, 4.69) is 0 Å². The molecule has 0 aromatic heterocycles. The average molecular weight is 232 g/mol. The van der Waals surface area contributed by atoms with E-state index in [9.17, 15) is 9.50 Å². The quantitative estimate of drug-likeness (QED) is 0.838. The van der Waals surface area contributed by atoms with E-state index in [1.807, 2.05) is 0 Å². The Balaban J connectivity index is 3.27. The highest BCUT2D eigenvalue weighted by atomic mass is 35.5. The van der Waals surface area contributed by atoms with Crippen molar-refractivity contribution >= 4 is 17.7 Å². The van der Waals surface area contributed by atoms with Gasteiger partial charge in [-0.1, -0.05) is 23.8 Å². The number of nitrogens with two attached hydrogens (primary N) is 1. The normalized spacial score (nSPS) is 10.9. The molecule has 3 nitrogen and oxygen atoms in total. The molecule has 0 saturated heterocycles. The van der Waals surface area contributed by atoms with Gasteiger partial charge in [0.2, 0.25) is 5.82 Å². The van der Waals surface area contributed by atoms with Crippen molar-refractivity contribution in [2.24, 2.45) is 5.73 Å². The van der Waals surface area contributed by atoms with Crippen LogP contribution in [0.25, 0.3) is 6.08 Å². The number of benzene rings is 1. The van der Waals surface area contributed by atoms with E-state index >= 15 is 0 Å². The molecular weight excluding hydrogens is 221 g/mol. The first-order valence-corrected chi connectivity index (χ1v) is 4.61. The van der Waals surface area contributed by atoms with Gasteiger partial charge in [0.05, 0.1) is 12.1 Å². The molecule has 15 heavy (non-hydrogen) atoms. The SMILES string of the molecule is COc1c(Cl)cc(/C=C/CN)c(O)c1F. The fourth-order valence-corrected chi connectivity index (χ4v) is 1.40. The van der Waals surface area contributed by atoms with Crippen LogP contribution in [-0.4, -0.2) is 18.8 Å². The van der Waals surface area contributed by atoms with Crippen molar-refractivity contribution in [3.05, 3.63) is 28.5 Å². The minimum Gasteiger partial charge on any atom is -0.504 e. The number of ether oxygens (including phenoxy) is 1. The summed E-state index contributed by atoms with van der Waals surface area (Å²) >= 11 is 5.74. The van der Waals surface area contributed by atoms with Gasteiger partial charge in [0, 0.05) is 12.1 Å². The Kier molecular flexibility index (Phi) is 3.94. The van der Waals surface area contributed by atoms with E-state index in [1.54, 1.807) is 6.08 Å². The molecular formula is C10H11ClFNO2. The molecule has 5 heteroatoms. The third-order valence-electron chi connectivity index (χ3n) is 1.82. The molecule has 1 aromatic rings. The molecule has 0 atom stereocenters. The van der Waals surface area contributed by atoms with Gasteiger partial charge in [0.25, 0.3) is 0 Å². The molecule has 0 bridgehead atoms. The first kappa shape index (κ1) is 11.8. The molecule has 1 rings (SSSR count). The summed E-state index contributed by atoms with van der Waals surface area (Å²) < 4.78 is 18.1. The number of rotatable bonds is 3. The molecule has 0 spiro atoms. The monoisotopic (exact) mass is 231 g/mol. The van der Waals surface area contributed by atoms with E-state index in [-0.39, 0.29) is 16.3 Å². The molecule has 0 aliphatic rings. The summed E-state index contributed by atoms with van der Waals surface area (Å²) in [4.78, 5) is 0. The Hall–Kier alpha value is -1.26. The topological polar surface area (TPSA) is 55.5 Å². The zero-order valence-electron chi connectivity index (χ0n) is 8.13. The third-order valence-corrected chi connectivity index (χ3v) is 2.10. The summed E-state index contributed by atoms with van der Waals surface area (Å²) in [5.74, 6) is -1.54. The van der Waals surface area contributed by atoms with Gasteiger partial charge in [-0.3, -0.25) is 0 Å². The average Bonchev–Trinajstić information content (AvgIpc) is 2.22. The van der Waals surface area contributed by atoms with E-state index in [0.717, 1.165) is 0 Å². The van der Waals surface area contributed by atoms with E-state index in [4.69, 9.17) is 22.1 Å². The van der Waals surface area contributed by atoms with Gasteiger partial charge in [0.1, 0.15) is 0 Å². The van der Waals surface area contributed by atoms with E-state index in [1.165, 1.54) is 19.3 Å². The molecule has 0 heterocycles. The lowest BCUT2D eigenvalue weighted by molar-refractivity contribution is 0.364. The molecule has 0 aliphatic heterocycles. The van der Waals surface area contributed by atoms with E-state index in [0.29, 0.717) is 6.54 Å². The maximum Gasteiger partial charge on any atom is 0.208 e. The van der Waals surface area contributed by atoms with Crippen LogP contribution >= 0.6 is 11.6 Å². The summed E-state index contributed by atoms with van der Waals surface area (Å²) in [6, 6.07) is 1.41. The second-order valence-corrected chi connectivity index (χ2v) is 3.19. The molecule has 3 N–H and O–H groups in total. The second kappa shape index (κ2) is 5.00. The molecule has 0 fully saturated rings. The highest BCUT2D eigenvalue weighted by molar-refractivity contribution is 6.32. The van der Waals surface area contributed by atoms with Crippen LogP contribution in [0.15, 0.2) is 12.1 Å². The van der Waals surface area contributed by atoms with Gasteiger partial charge >= 0.3 is 0 Å². The minimum atomic E-state index is -0.873. The standard InChI is InChI=1S/C10H11ClFNO2/c1-15-10-7(11)5-6(3-2-4-13)9(14)8(10)12/h2-3,5,14H,4,13H2,1H3/b3-2+. The van der Waals surface area contributed by atoms with Crippen LogP contribution in [0.2, 0.25) is 5.02 Å². The molecule has 0 saturated carbocycles. The lowest BCUT2D eigenvalue weighted by Gasteiger charge is -2.08. The van der Waals surface area contributed by atoms with Crippen molar-refractivity contribution in [1.82, 2.24) is 0 Å². The maximum absolute atomic E-state index is 13.4. The second-order valence-electron chi connectivity index (χ2n) is 2.78. The maximum atomic E-state index is 13.4. The van der Waals surface area contributed by atoms with Crippen LogP contribution in [0, 0.1) is 5.82 Å². The smallest absolute Gasteiger partial charge is 0.208 e. The van der Waals surface area contributed by atoms with Crippen LogP contribution < -0.4 is 10.5 Å². The number of aromatic hydroxyl groups is 1. The van der Waals surface area contributed by atoms with Crippen molar-refractivity contribution in [2.45, 2.75) is 0 Å². The van der Waals surface area contributed by atoms with Crippen molar-refractivity contribution in [3.8, 4) is 11.5 Å². The molecule has 0 amide bonds. The van der Waals surface area contributed by atoms with Gasteiger partial charge in [0.15, 0.2) is 11.5 Å². The highest BCUT2D eigenvalue weighted by Crippen LogP contribution is 2.36. The van der Waals surface area contributed by atoms with Crippen molar-refractivity contribution in [2.75, 3.05) is 13.7 Å². The Labute approximate surface area is 91.9 Å². The van der Waals surface area contributed by atoms with Crippen LogP contribution in [-0.2, 0) is 0 Å². The summed E-state index contributed by atoms with van der Waals surface area (Å²) in [6.07, 6.45) is 3.07. The van der Waals surface area contributed by atoms with E-state index < -0.39 is 11.6 Å². The number of halogens is 2. The third kappa shape index (κ3) is 2.40. The summed E-state index contributed by atoms with van der Waals surface area (Å²) in [6.45, 7) is 0.296. The Bertz CT molecular complexity index is 393. The molecule has 0 aliphatic carbocycles. The first-order chi connectivity index (χ1) is 7.11. The first-order valence-electron chi connectivity index (χ1n) is 4.23.